The minimum absolute atomic E-state index is 0.220. The van der Waals surface area contributed by atoms with Gasteiger partial charge in [0.2, 0.25) is 0 Å². The molecule has 4 heteroatoms. The van der Waals surface area contributed by atoms with Gasteiger partial charge in [-0.15, -0.1) is 11.3 Å². The van der Waals surface area contributed by atoms with Gasteiger partial charge in [0.15, 0.2) is 0 Å². The van der Waals surface area contributed by atoms with Crippen molar-refractivity contribution in [3.63, 3.8) is 0 Å². The van der Waals surface area contributed by atoms with Crippen LogP contribution in [-0.2, 0) is 0 Å². The molecule has 0 amide bonds. The summed E-state index contributed by atoms with van der Waals surface area (Å²) in [5, 5.41) is 0.452. The highest BCUT2D eigenvalue weighted by Crippen LogP contribution is 2.37. The van der Waals surface area contributed by atoms with Crippen molar-refractivity contribution in [3.8, 4) is 0 Å². The monoisotopic (exact) mass is 307 g/mol. The van der Waals surface area contributed by atoms with Crippen LogP contribution in [0.25, 0.3) is 0 Å². The van der Waals surface area contributed by atoms with Gasteiger partial charge in [-0.05, 0) is 47.2 Å². The predicted molar refractivity (Wildman–Crippen MR) is 75.8 cm³/mol. The first-order valence-electron chi connectivity index (χ1n) is 5.27. The van der Waals surface area contributed by atoms with Crippen LogP contribution in [0, 0.1) is 0 Å². The lowest BCUT2D eigenvalue weighted by atomic mass is 10.2. The van der Waals surface area contributed by atoms with Gasteiger partial charge in [0.25, 0.3) is 0 Å². The zero-order valence-electron chi connectivity index (χ0n) is 9.20. The Morgan fingerprint density at radius 3 is 2.73 bits per heavy atom. The summed E-state index contributed by atoms with van der Waals surface area (Å²) in [7, 11) is 0. The third kappa shape index (κ3) is 4.47. The maximum atomic E-state index is 6.03. The van der Waals surface area contributed by atoms with Crippen LogP contribution < -0.4 is 5.73 Å². The average Bonchev–Trinajstić information content (AvgIpc) is 2.59. The van der Waals surface area contributed by atoms with Crippen molar-refractivity contribution in [3.05, 3.63) is 20.8 Å². The van der Waals surface area contributed by atoms with Crippen LogP contribution in [-0.4, -0.2) is 11.8 Å². The molecule has 2 unspecified atom stereocenters. The van der Waals surface area contributed by atoms with Crippen LogP contribution in [0.2, 0.25) is 0 Å². The van der Waals surface area contributed by atoms with Crippen LogP contribution in [0.5, 0.6) is 0 Å². The van der Waals surface area contributed by atoms with E-state index >= 15 is 0 Å². The fraction of sp³-hybridized carbons (Fsp3) is 0.636. The Balaban J connectivity index is 2.58. The number of rotatable bonds is 6. The van der Waals surface area contributed by atoms with E-state index in [-0.39, 0.29) is 6.04 Å². The van der Waals surface area contributed by atoms with Crippen molar-refractivity contribution in [1.29, 1.82) is 0 Å². The molecule has 1 nitrogen and oxygen atoms in total. The molecule has 0 aliphatic rings. The van der Waals surface area contributed by atoms with E-state index < -0.39 is 0 Å². The van der Waals surface area contributed by atoms with E-state index in [1.165, 1.54) is 27.3 Å². The third-order valence-corrected chi connectivity index (χ3v) is 5.57. The van der Waals surface area contributed by atoms with Crippen LogP contribution in [0.1, 0.15) is 36.8 Å². The minimum Gasteiger partial charge on any atom is -0.327 e. The zero-order chi connectivity index (χ0) is 11.3. The fourth-order valence-electron chi connectivity index (χ4n) is 1.33. The highest BCUT2D eigenvalue weighted by Gasteiger charge is 2.18. The Kier molecular flexibility index (Phi) is 6.27. The maximum absolute atomic E-state index is 6.03. The molecule has 1 aromatic heterocycles. The number of halogens is 1. The summed E-state index contributed by atoms with van der Waals surface area (Å²) in [4.78, 5) is 1.39. The van der Waals surface area contributed by atoms with Crippen LogP contribution in [0.15, 0.2) is 15.9 Å². The van der Waals surface area contributed by atoms with Crippen molar-refractivity contribution >= 4 is 39.0 Å². The number of thioether (sulfide) groups is 1. The van der Waals surface area contributed by atoms with Gasteiger partial charge in [0, 0.05) is 10.9 Å². The second-order valence-corrected chi connectivity index (χ2v) is 7.39. The SMILES string of the molecule is CCCCSC(c1ccc(Br)s1)C(C)N. The highest BCUT2D eigenvalue weighted by molar-refractivity contribution is 9.11. The first-order chi connectivity index (χ1) is 7.15. The summed E-state index contributed by atoms with van der Waals surface area (Å²) < 4.78 is 1.19. The summed E-state index contributed by atoms with van der Waals surface area (Å²) in [5.41, 5.74) is 6.03. The molecule has 1 aromatic rings. The molecule has 0 bridgehead atoms. The molecule has 86 valence electrons. The minimum atomic E-state index is 0.220. The molecule has 0 aromatic carbocycles. The first-order valence-corrected chi connectivity index (χ1v) is 7.93. The number of hydrogen-bond acceptors (Lipinski definition) is 3. The van der Waals surface area contributed by atoms with E-state index in [2.05, 4.69) is 41.9 Å². The van der Waals surface area contributed by atoms with E-state index in [1.54, 1.807) is 11.3 Å². The van der Waals surface area contributed by atoms with Crippen molar-refractivity contribution in [2.45, 2.75) is 38.0 Å². The normalized spacial score (nSPS) is 15.2. The quantitative estimate of drug-likeness (QED) is 0.787. The standard InChI is InChI=1S/C11H18BrNS2/c1-3-4-7-14-11(8(2)13)9-5-6-10(12)15-9/h5-6,8,11H,3-4,7,13H2,1-2H3. The number of nitrogens with two attached hydrogens (primary N) is 1. The number of thiophene rings is 1. The Morgan fingerprint density at radius 1 is 1.53 bits per heavy atom. The summed E-state index contributed by atoms with van der Waals surface area (Å²) in [5.74, 6) is 1.21. The molecule has 15 heavy (non-hydrogen) atoms. The smallest absolute Gasteiger partial charge is 0.0701 e. The molecular weight excluding hydrogens is 290 g/mol. The molecule has 1 rings (SSSR count). The van der Waals surface area contributed by atoms with Gasteiger partial charge in [-0.1, -0.05) is 13.3 Å². The average molecular weight is 308 g/mol. The van der Waals surface area contributed by atoms with Crippen molar-refractivity contribution in [2.24, 2.45) is 5.73 Å². The van der Waals surface area contributed by atoms with Crippen LogP contribution in [0.3, 0.4) is 0 Å². The molecule has 0 saturated carbocycles. The number of hydrogen-bond donors (Lipinski definition) is 1. The molecular formula is C11H18BrNS2. The van der Waals surface area contributed by atoms with Gasteiger partial charge >= 0.3 is 0 Å². The summed E-state index contributed by atoms with van der Waals surface area (Å²) >= 11 is 7.28. The molecule has 2 N–H and O–H groups in total. The molecule has 0 radical (unpaired) electrons. The number of unbranched alkanes of at least 4 members (excludes halogenated alkanes) is 1. The largest absolute Gasteiger partial charge is 0.327 e. The maximum Gasteiger partial charge on any atom is 0.0701 e. The molecule has 2 atom stereocenters. The van der Waals surface area contributed by atoms with E-state index in [0.29, 0.717) is 5.25 Å². The lowest BCUT2D eigenvalue weighted by molar-refractivity contribution is 0.728. The molecule has 0 saturated heterocycles. The Morgan fingerprint density at radius 2 is 2.27 bits per heavy atom. The fourth-order valence-corrected chi connectivity index (χ4v) is 4.45. The predicted octanol–water partition coefficient (Wildman–Crippen LogP) is 4.43. The Bertz CT molecular complexity index is 286. The van der Waals surface area contributed by atoms with E-state index in [9.17, 15) is 0 Å². The van der Waals surface area contributed by atoms with Gasteiger partial charge in [-0.3, -0.25) is 0 Å². The van der Waals surface area contributed by atoms with Gasteiger partial charge in [0.1, 0.15) is 0 Å². The first kappa shape index (κ1) is 13.6. The van der Waals surface area contributed by atoms with E-state index in [0.717, 1.165) is 0 Å². The van der Waals surface area contributed by atoms with Gasteiger partial charge in [-0.25, -0.2) is 0 Å². The molecule has 0 aliphatic carbocycles. The zero-order valence-corrected chi connectivity index (χ0v) is 12.4. The van der Waals surface area contributed by atoms with Crippen LogP contribution >= 0.6 is 39.0 Å². The van der Waals surface area contributed by atoms with Crippen molar-refractivity contribution in [2.75, 3.05) is 5.75 Å². The van der Waals surface area contributed by atoms with Gasteiger partial charge < -0.3 is 5.73 Å². The second kappa shape index (κ2) is 6.94. The lowest BCUT2D eigenvalue weighted by Crippen LogP contribution is -2.22. The van der Waals surface area contributed by atoms with Crippen LogP contribution in [0.4, 0.5) is 0 Å². The van der Waals surface area contributed by atoms with Crippen molar-refractivity contribution < 1.29 is 0 Å². The Hall–Kier alpha value is 0.490. The molecule has 0 aliphatic heterocycles. The summed E-state index contributed by atoms with van der Waals surface area (Å²) in [6.45, 7) is 4.32. The van der Waals surface area contributed by atoms with Gasteiger partial charge in [-0.2, -0.15) is 11.8 Å². The summed E-state index contributed by atoms with van der Waals surface area (Å²) in [6.07, 6.45) is 2.53. The molecule has 0 spiro atoms. The topological polar surface area (TPSA) is 26.0 Å². The van der Waals surface area contributed by atoms with E-state index in [4.69, 9.17) is 5.73 Å². The Labute approximate surface area is 109 Å². The van der Waals surface area contributed by atoms with Crippen molar-refractivity contribution in [1.82, 2.24) is 0 Å². The van der Waals surface area contributed by atoms with Gasteiger partial charge in [0.05, 0.1) is 9.04 Å². The lowest BCUT2D eigenvalue weighted by Gasteiger charge is -2.18. The summed E-state index contributed by atoms with van der Waals surface area (Å²) in [6, 6.07) is 4.51. The second-order valence-electron chi connectivity index (χ2n) is 3.65. The molecule has 1 heterocycles. The highest BCUT2D eigenvalue weighted by atomic mass is 79.9. The third-order valence-electron chi connectivity index (χ3n) is 2.15. The molecule has 0 fully saturated rings. The van der Waals surface area contributed by atoms with E-state index in [1.807, 2.05) is 11.8 Å².